The van der Waals surface area contributed by atoms with Crippen molar-refractivity contribution in [2.75, 3.05) is 6.26 Å². The summed E-state index contributed by atoms with van der Waals surface area (Å²) >= 11 is 0. The van der Waals surface area contributed by atoms with Crippen molar-refractivity contribution in [3.05, 3.63) is 0 Å². The quantitative estimate of drug-likeness (QED) is 0.676. The van der Waals surface area contributed by atoms with E-state index in [1.807, 2.05) is 0 Å². The van der Waals surface area contributed by atoms with Crippen molar-refractivity contribution in [2.45, 2.75) is 38.4 Å². The van der Waals surface area contributed by atoms with Crippen molar-refractivity contribution < 1.29 is 4.21 Å². The van der Waals surface area contributed by atoms with Crippen LogP contribution in [0.25, 0.3) is 0 Å². The summed E-state index contributed by atoms with van der Waals surface area (Å²) in [7, 11) is -2.31. The Morgan fingerprint density at radius 2 is 1.92 bits per heavy atom. The van der Waals surface area contributed by atoms with Crippen LogP contribution < -0.4 is 0 Å². The summed E-state index contributed by atoms with van der Waals surface area (Å²) in [6.45, 7) is 4.33. The molecule has 0 aromatic rings. The maximum atomic E-state index is 11.6. The number of nitrogens with one attached hydrogen (secondary N) is 1. The van der Waals surface area contributed by atoms with Gasteiger partial charge in [0.1, 0.15) is 0 Å². The molecule has 1 aliphatic carbocycles. The molecule has 0 heterocycles. The average molecular weight is 189 g/mol. The molecule has 0 saturated heterocycles. The van der Waals surface area contributed by atoms with Crippen LogP contribution in [0.4, 0.5) is 0 Å². The van der Waals surface area contributed by atoms with Gasteiger partial charge in [0, 0.05) is 21.2 Å². The molecule has 0 amide bonds. The summed E-state index contributed by atoms with van der Waals surface area (Å²) in [5, 5.41) is 0.140. The lowest BCUT2D eigenvalue weighted by molar-refractivity contribution is 0.312. The SMILES string of the molecule is CC1CCC(C)C(S(C)(=N)=O)C1. The van der Waals surface area contributed by atoms with Crippen molar-refractivity contribution in [3.8, 4) is 0 Å². The second-order valence-electron chi connectivity index (χ2n) is 4.34. The highest BCUT2D eigenvalue weighted by Crippen LogP contribution is 2.32. The van der Waals surface area contributed by atoms with Crippen LogP contribution in [-0.2, 0) is 9.73 Å². The van der Waals surface area contributed by atoms with Gasteiger partial charge in [-0.1, -0.05) is 20.3 Å². The summed E-state index contributed by atoms with van der Waals surface area (Å²) in [6, 6.07) is 0. The van der Waals surface area contributed by atoms with Crippen LogP contribution in [0.15, 0.2) is 0 Å². The Balaban J connectivity index is 2.74. The third-order valence-corrected chi connectivity index (χ3v) is 4.77. The third kappa shape index (κ3) is 2.22. The Morgan fingerprint density at radius 3 is 2.33 bits per heavy atom. The zero-order chi connectivity index (χ0) is 9.35. The molecule has 0 aromatic carbocycles. The summed E-state index contributed by atoms with van der Waals surface area (Å²) in [5.41, 5.74) is 0. The van der Waals surface area contributed by atoms with E-state index in [0.29, 0.717) is 11.8 Å². The lowest BCUT2D eigenvalue weighted by atomic mass is 9.84. The molecular weight excluding hydrogens is 170 g/mol. The van der Waals surface area contributed by atoms with Gasteiger partial charge in [-0.3, -0.25) is 4.78 Å². The van der Waals surface area contributed by atoms with Crippen LogP contribution in [-0.4, -0.2) is 15.7 Å². The van der Waals surface area contributed by atoms with Gasteiger partial charge in [0.25, 0.3) is 0 Å². The number of hydrogen-bond acceptors (Lipinski definition) is 2. The molecule has 0 radical (unpaired) electrons. The molecule has 0 aromatic heterocycles. The predicted octanol–water partition coefficient (Wildman–Crippen LogP) is 2.49. The van der Waals surface area contributed by atoms with Crippen LogP contribution in [0.3, 0.4) is 0 Å². The van der Waals surface area contributed by atoms with Gasteiger partial charge in [-0.05, 0) is 24.7 Å². The van der Waals surface area contributed by atoms with Gasteiger partial charge in [-0.15, -0.1) is 0 Å². The second kappa shape index (κ2) is 3.36. The van der Waals surface area contributed by atoms with Crippen LogP contribution in [0, 0.1) is 16.6 Å². The summed E-state index contributed by atoms with van der Waals surface area (Å²) in [5.74, 6) is 1.15. The molecule has 1 N–H and O–H groups in total. The topological polar surface area (TPSA) is 40.9 Å². The number of hydrogen-bond donors (Lipinski definition) is 1. The van der Waals surface area contributed by atoms with Gasteiger partial charge in [-0.25, -0.2) is 4.21 Å². The van der Waals surface area contributed by atoms with Crippen molar-refractivity contribution in [1.82, 2.24) is 0 Å². The standard InChI is InChI=1S/C9H19NOS/c1-7-4-5-8(2)9(6-7)12(3,10)11/h7-10H,4-6H2,1-3H3. The van der Waals surface area contributed by atoms with E-state index < -0.39 is 9.73 Å². The van der Waals surface area contributed by atoms with Crippen molar-refractivity contribution in [1.29, 1.82) is 4.78 Å². The minimum Gasteiger partial charge on any atom is -0.253 e. The zero-order valence-corrected chi connectivity index (χ0v) is 8.99. The monoisotopic (exact) mass is 189 g/mol. The molecular formula is C9H19NOS. The highest BCUT2D eigenvalue weighted by atomic mass is 32.2. The first kappa shape index (κ1) is 10.0. The van der Waals surface area contributed by atoms with E-state index in [9.17, 15) is 4.21 Å². The van der Waals surface area contributed by atoms with Crippen LogP contribution in [0.5, 0.6) is 0 Å². The van der Waals surface area contributed by atoms with Gasteiger partial charge in [0.2, 0.25) is 0 Å². The summed E-state index contributed by atoms with van der Waals surface area (Å²) in [4.78, 5) is 0. The van der Waals surface area contributed by atoms with E-state index in [-0.39, 0.29) is 5.25 Å². The van der Waals surface area contributed by atoms with E-state index in [1.165, 1.54) is 6.42 Å². The normalized spacial score (nSPS) is 42.1. The van der Waals surface area contributed by atoms with Crippen molar-refractivity contribution in [2.24, 2.45) is 11.8 Å². The first-order valence-electron chi connectivity index (χ1n) is 4.64. The molecule has 1 rings (SSSR count). The van der Waals surface area contributed by atoms with Crippen LogP contribution in [0.2, 0.25) is 0 Å². The van der Waals surface area contributed by atoms with Crippen molar-refractivity contribution in [3.63, 3.8) is 0 Å². The Labute approximate surface area is 75.7 Å². The fraction of sp³-hybridized carbons (Fsp3) is 1.00. The molecule has 4 atom stereocenters. The maximum Gasteiger partial charge on any atom is 0.0453 e. The molecule has 0 spiro atoms. The van der Waals surface area contributed by atoms with E-state index in [1.54, 1.807) is 6.26 Å². The molecule has 4 unspecified atom stereocenters. The van der Waals surface area contributed by atoms with E-state index in [0.717, 1.165) is 12.8 Å². The second-order valence-corrected chi connectivity index (χ2v) is 6.75. The predicted molar refractivity (Wildman–Crippen MR) is 52.8 cm³/mol. The van der Waals surface area contributed by atoms with Crippen LogP contribution in [0.1, 0.15) is 33.1 Å². The molecule has 12 heavy (non-hydrogen) atoms. The van der Waals surface area contributed by atoms with E-state index >= 15 is 0 Å². The smallest absolute Gasteiger partial charge is 0.0453 e. The van der Waals surface area contributed by atoms with Crippen molar-refractivity contribution >= 4 is 9.73 Å². The molecule has 2 nitrogen and oxygen atoms in total. The summed E-state index contributed by atoms with van der Waals surface area (Å²) in [6.07, 6.45) is 4.97. The molecule has 1 fully saturated rings. The lowest BCUT2D eigenvalue weighted by Gasteiger charge is -2.32. The molecule has 1 saturated carbocycles. The van der Waals surface area contributed by atoms with Gasteiger partial charge in [0.05, 0.1) is 0 Å². The first-order valence-corrected chi connectivity index (χ1v) is 6.67. The van der Waals surface area contributed by atoms with E-state index in [4.69, 9.17) is 4.78 Å². The largest absolute Gasteiger partial charge is 0.253 e. The van der Waals surface area contributed by atoms with Gasteiger partial charge in [-0.2, -0.15) is 0 Å². The molecule has 0 aliphatic heterocycles. The minimum atomic E-state index is -2.31. The van der Waals surface area contributed by atoms with Crippen LogP contribution >= 0.6 is 0 Å². The Kier molecular flexibility index (Phi) is 2.81. The lowest BCUT2D eigenvalue weighted by Crippen LogP contribution is -2.32. The fourth-order valence-electron chi connectivity index (χ4n) is 2.11. The Morgan fingerprint density at radius 1 is 1.33 bits per heavy atom. The maximum absolute atomic E-state index is 11.6. The highest BCUT2D eigenvalue weighted by molar-refractivity contribution is 7.92. The van der Waals surface area contributed by atoms with Gasteiger partial charge in [0.15, 0.2) is 0 Å². The molecule has 0 bridgehead atoms. The Bertz CT molecular complexity index is 245. The van der Waals surface area contributed by atoms with Gasteiger partial charge >= 0.3 is 0 Å². The number of rotatable bonds is 1. The minimum absolute atomic E-state index is 0.140. The molecule has 1 aliphatic rings. The zero-order valence-electron chi connectivity index (χ0n) is 8.17. The molecule has 72 valence electrons. The average Bonchev–Trinajstić information content (AvgIpc) is 1.92. The molecule has 3 heteroatoms. The third-order valence-electron chi connectivity index (χ3n) is 2.96. The fourth-order valence-corrected chi connectivity index (χ4v) is 3.83. The first-order chi connectivity index (χ1) is 5.41. The van der Waals surface area contributed by atoms with E-state index in [2.05, 4.69) is 13.8 Å². The Hall–Kier alpha value is -0.0500. The van der Waals surface area contributed by atoms with Gasteiger partial charge < -0.3 is 0 Å². The summed E-state index contributed by atoms with van der Waals surface area (Å²) < 4.78 is 19.1. The highest BCUT2D eigenvalue weighted by Gasteiger charge is 2.30.